The van der Waals surface area contributed by atoms with E-state index in [9.17, 15) is 38.2 Å². The van der Waals surface area contributed by atoms with E-state index in [1.165, 1.54) is 25.1 Å². The molecule has 0 bridgehead atoms. The van der Waals surface area contributed by atoms with Crippen molar-refractivity contribution < 1.29 is 38.2 Å². The van der Waals surface area contributed by atoms with Crippen LogP contribution in [0.5, 0.6) is 0 Å². The molecule has 12 heteroatoms. The Morgan fingerprint density at radius 1 is 0.841 bits per heavy atom. The summed E-state index contributed by atoms with van der Waals surface area (Å²) in [7, 11) is 0. The second-order valence-electron chi connectivity index (χ2n) is 11.4. The van der Waals surface area contributed by atoms with E-state index in [4.69, 9.17) is 5.73 Å². The van der Waals surface area contributed by atoms with Gasteiger partial charge in [0.15, 0.2) is 0 Å². The summed E-state index contributed by atoms with van der Waals surface area (Å²) in [5.74, 6) is -5.43. The topological polar surface area (TPSA) is 162 Å². The van der Waals surface area contributed by atoms with Gasteiger partial charge in [-0.3, -0.25) is 19.2 Å². The molecule has 0 aromatic heterocycles. The zero-order valence-electron chi connectivity index (χ0n) is 25.9. The van der Waals surface area contributed by atoms with Gasteiger partial charge in [0.1, 0.15) is 17.7 Å². The van der Waals surface area contributed by atoms with Gasteiger partial charge in [0.2, 0.25) is 11.8 Å². The van der Waals surface area contributed by atoms with Crippen molar-refractivity contribution in [2.75, 3.05) is 19.6 Å². The molecule has 0 spiro atoms. The third-order valence-electron chi connectivity index (χ3n) is 7.07. The number of nitrogens with two attached hydrogens (primary N) is 1. The smallest absolute Gasteiger partial charge is 0.253 e. The molecule has 4 amide bonds. The predicted molar refractivity (Wildman–Crippen MR) is 162 cm³/mol. The third kappa shape index (κ3) is 10.4. The van der Waals surface area contributed by atoms with Gasteiger partial charge in [-0.15, -0.1) is 0 Å². The van der Waals surface area contributed by atoms with Gasteiger partial charge in [0.25, 0.3) is 11.8 Å². The molecule has 0 aliphatic heterocycles. The first-order valence-corrected chi connectivity index (χ1v) is 14.8. The Balaban J connectivity index is 2.47. The van der Waals surface area contributed by atoms with Crippen LogP contribution < -0.4 is 16.4 Å². The number of benzene rings is 2. The van der Waals surface area contributed by atoms with E-state index in [1.54, 1.807) is 4.90 Å². The average molecular weight is 619 g/mol. The number of nitrogens with zero attached hydrogens (tertiary/aromatic N) is 1. The Kier molecular flexibility index (Phi) is 13.9. The summed E-state index contributed by atoms with van der Waals surface area (Å²) >= 11 is 0. The molecule has 44 heavy (non-hydrogen) atoms. The van der Waals surface area contributed by atoms with Gasteiger partial charge >= 0.3 is 0 Å². The number of primary amides is 1. The molecule has 4 unspecified atom stereocenters. The van der Waals surface area contributed by atoms with Gasteiger partial charge < -0.3 is 31.5 Å². The first-order chi connectivity index (χ1) is 20.7. The highest BCUT2D eigenvalue weighted by atomic mass is 19.1. The molecule has 0 aliphatic rings. The molecule has 6 N–H and O–H groups in total. The molecule has 0 saturated carbocycles. The van der Waals surface area contributed by atoms with Gasteiger partial charge in [0, 0.05) is 42.4 Å². The summed E-state index contributed by atoms with van der Waals surface area (Å²) in [5, 5.41) is 27.3. The van der Waals surface area contributed by atoms with Crippen molar-refractivity contribution in [2.24, 2.45) is 17.6 Å². The van der Waals surface area contributed by atoms with Crippen LogP contribution in [-0.4, -0.2) is 76.6 Å². The summed E-state index contributed by atoms with van der Waals surface area (Å²) in [4.78, 5) is 53.2. The van der Waals surface area contributed by atoms with Gasteiger partial charge in [-0.2, -0.15) is 0 Å². The first-order valence-electron chi connectivity index (χ1n) is 14.8. The molecule has 0 fully saturated rings. The van der Waals surface area contributed by atoms with Crippen LogP contribution in [0.25, 0.3) is 0 Å². The van der Waals surface area contributed by atoms with Gasteiger partial charge in [-0.1, -0.05) is 34.6 Å². The van der Waals surface area contributed by atoms with Crippen molar-refractivity contribution >= 4 is 23.6 Å². The monoisotopic (exact) mass is 618 g/mol. The highest BCUT2D eigenvalue weighted by Crippen LogP contribution is 2.19. The van der Waals surface area contributed by atoms with Crippen LogP contribution in [-0.2, 0) is 11.2 Å². The Labute approximate surface area is 257 Å². The number of hydrogen-bond acceptors (Lipinski definition) is 6. The van der Waals surface area contributed by atoms with E-state index in [2.05, 4.69) is 10.6 Å². The second-order valence-corrected chi connectivity index (χ2v) is 11.4. The van der Waals surface area contributed by atoms with Crippen molar-refractivity contribution in [3.8, 4) is 0 Å². The molecule has 0 radical (unpaired) electrons. The third-order valence-corrected chi connectivity index (χ3v) is 7.07. The average Bonchev–Trinajstić information content (AvgIpc) is 2.96. The lowest BCUT2D eigenvalue weighted by Crippen LogP contribution is -2.53. The maximum atomic E-state index is 14.0. The van der Waals surface area contributed by atoms with Crippen molar-refractivity contribution in [3.05, 3.63) is 70.3 Å². The number of rotatable bonds is 16. The quantitative estimate of drug-likeness (QED) is 0.194. The fourth-order valence-electron chi connectivity index (χ4n) is 4.71. The second kappa shape index (κ2) is 16.8. The van der Waals surface area contributed by atoms with Crippen LogP contribution in [0.15, 0.2) is 36.4 Å². The molecule has 10 nitrogen and oxygen atoms in total. The van der Waals surface area contributed by atoms with Crippen LogP contribution in [0, 0.1) is 23.5 Å². The molecule has 2 aromatic rings. The van der Waals surface area contributed by atoms with Gasteiger partial charge in [-0.05, 0) is 61.1 Å². The molecule has 0 heterocycles. The SMILES string of the molecule is CCCN(CCC)C(=O)c1cc(C(N)=O)cc(C(=O)NC(Cc2cc(F)cc(F)c2)C(O)C(O)C(C)C(=O)NCC(C)C)c1. The number of halogens is 2. The maximum Gasteiger partial charge on any atom is 0.253 e. The number of aliphatic hydroxyl groups is 2. The van der Waals surface area contributed by atoms with E-state index >= 15 is 0 Å². The van der Waals surface area contributed by atoms with Crippen molar-refractivity contribution in [1.29, 1.82) is 0 Å². The minimum absolute atomic E-state index is 0.0492. The van der Waals surface area contributed by atoms with Gasteiger partial charge in [0.05, 0.1) is 18.1 Å². The molecule has 2 rings (SSSR count). The Hall–Kier alpha value is -3.90. The lowest BCUT2D eigenvalue weighted by Gasteiger charge is -2.31. The maximum absolute atomic E-state index is 14.0. The van der Waals surface area contributed by atoms with E-state index in [0.29, 0.717) is 38.5 Å². The first kappa shape index (κ1) is 36.3. The molecule has 4 atom stereocenters. The molecular formula is C32H44F2N4O6. The standard InChI is InChI=1S/C32H44F2N4O6/c1-6-8-38(9-7-2)32(44)23-14-21(29(35)41)13-22(15-23)31(43)37-26(12-20-10-24(33)16-25(34)11-20)28(40)27(39)19(5)30(42)36-17-18(3)4/h10-11,13-16,18-19,26-28,39-40H,6-9,12,17H2,1-5H3,(H2,35,41)(H,36,42)(H,37,43). The lowest BCUT2D eigenvalue weighted by molar-refractivity contribution is -0.131. The lowest BCUT2D eigenvalue weighted by atomic mass is 9.90. The van der Waals surface area contributed by atoms with Crippen LogP contribution in [0.3, 0.4) is 0 Å². The summed E-state index contributed by atoms with van der Waals surface area (Å²) in [6, 6.07) is 5.10. The molecular weight excluding hydrogens is 574 g/mol. The van der Waals surface area contributed by atoms with Crippen molar-refractivity contribution in [3.63, 3.8) is 0 Å². The molecule has 242 valence electrons. The summed E-state index contributed by atoms with van der Waals surface area (Å²) in [6.45, 7) is 10.2. The summed E-state index contributed by atoms with van der Waals surface area (Å²) in [5.41, 5.74) is 5.36. The molecule has 0 saturated heterocycles. The van der Waals surface area contributed by atoms with Crippen LogP contribution in [0.4, 0.5) is 8.78 Å². The Morgan fingerprint density at radius 3 is 1.91 bits per heavy atom. The summed E-state index contributed by atoms with van der Waals surface area (Å²) in [6.07, 6.45) is -2.41. The van der Waals surface area contributed by atoms with Gasteiger partial charge in [-0.25, -0.2) is 8.78 Å². The number of carbonyl (C=O) groups excluding carboxylic acids is 4. The minimum Gasteiger partial charge on any atom is -0.390 e. The fraction of sp³-hybridized carbons (Fsp3) is 0.500. The highest BCUT2D eigenvalue weighted by Gasteiger charge is 2.35. The number of carbonyl (C=O) groups is 4. The minimum atomic E-state index is -1.77. The molecule has 2 aromatic carbocycles. The van der Waals surface area contributed by atoms with E-state index in [1.807, 2.05) is 27.7 Å². The highest BCUT2D eigenvalue weighted by molar-refractivity contribution is 6.04. The molecule has 0 aliphatic carbocycles. The van der Waals surface area contributed by atoms with E-state index in [-0.39, 0.29) is 34.6 Å². The van der Waals surface area contributed by atoms with Crippen LogP contribution >= 0.6 is 0 Å². The summed E-state index contributed by atoms with van der Waals surface area (Å²) < 4.78 is 28.0. The predicted octanol–water partition coefficient (Wildman–Crippen LogP) is 2.80. The van der Waals surface area contributed by atoms with E-state index in [0.717, 1.165) is 12.1 Å². The fourth-order valence-corrected chi connectivity index (χ4v) is 4.71. The van der Waals surface area contributed by atoms with E-state index < -0.39 is 59.4 Å². The largest absolute Gasteiger partial charge is 0.390 e. The van der Waals surface area contributed by atoms with Crippen molar-refractivity contribution in [1.82, 2.24) is 15.5 Å². The zero-order chi connectivity index (χ0) is 33.1. The Morgan fingerprint density at radius 2 is 1.39 bits per heavy atom. The zero-order valence-corrected chi connectivity index (χ0v) is 25.9. The van der Waals surface area contributed by atoms with Crippen LogP contribution in [0.2, 0.25) is 0 Å². The number of aliphatic hydroxyl groups excluding tert-OH is 2. The number of nitrogens with one attached hydrogen (secondary N) is 2. The number of amides is 4. The van der Waals surface area contributed by atoms with Crippen LogP contribution in [0.1, 0.15) is 84.1 Å². The Bertz CT molecular complexity index is 1300. The normalized spacial score (nSPS) is 14.0. The van der Waals surface area contributed by atoms with Crippen molar-refractivity contribution in [2.45, 2.75) is 72.1 Å². The number of hydrogen-bond donors (Lipinski definition) is 5.